The number of aromatic amines is 1. The van der Waals surface area contributed by atoms with E-state index in [1.165, 1.54) is 5.56 Å². The minimum absolute atomic E-state index is 0.121. The highest BCUT2D eigenvalue weighted by Crippen LogP contribution is 2.37. The van der Waals surface area contributed by atoms with E-state index in [0.717, 1.165) is 22.3 Å². The summed E-state index contributed by atoms with van der Waals surface area (Å²) in [7, 11) is 0. The summed E-state index contributed by atoms with van der Waals surface area (Å²) in [5.41, 5.74) is 5.51. The van der Waals surface area contributed by atoms with E-state index in [-0.39, 0.29) is 23.8 Å². The lowest BCUT2D eigenvalue weighted by atomic mass is 9.81. The fourth-order valence-corrected chi connectivity index (χ4v) is 4.09. The SMILES string of the molecule is Cc1cc(C)c(C2CC(=O)Nc3nc(-c4ccccc4)[nH]c(=O)c32)c(C)c1. The molecule has 3 aromatic rings. The molecule has 2 aromatic carbocycles. The Morgan fingerprint density at radius 2 is 1.63 bits per heavy atom. The molecule has 5 heteroatoms. The Hall–Kier alpha value is -3.21. The first-order valence-electron chi connectivity index (χ1n) is 9.01. The zero-order valence-electron chi connectivity index (χ0n) is 15.6. The van der Waals surface area contributed by atoms with Gasteiger partial charge in [-0.3, -0.25) is 9.59 Å². The van der Waals surface area contributed by atoms with Crippen LogP contribution < -0.4 is 10.9 Å². The summed E-state index contributed by atoms with van der Waals surface area (Å²) in [6.45, 7) is 6.11. The number of benzene rings is 2. The fraction of sp³-hybridized carbons (Fsp3) is 0.227. The van der Waals surface area contributed by atoms with Gasteiger partial charge >= 0.3 is 0 Å². The van der Waals surface area contributed by atoms with Gasteiger partial charge in [0.25, 0.3) is 5.56 Å². The van der Waals surface area contributed by atoms with Gasteiger partial charge in [-0.25, -0.2) is 4.98 Å². The molecule has 0 fully saturated rings. The van der Waals surface area contributed by atoms with Crippen LogP contribution in [0, 0.1) is 20.8 Å². The van der Waals surface area contributed by atoms with Crippen molar-refractivity contribution in [2.75, 3.05) is 5.32 Å². The van der Waals surface area contributed by atoms with Crippen molar-refractivity contribution in [3.8, 4) is 11.4 Å². The van der Waals surface area contributed by atoms with Gasteiger partial charge in [0.2, 0.25) is 5.91 Å². The van der Waals surface area contributed by atoms with Gasteiger partial charge in [0.1, 0.15) is 11.6 Å². The number of nitrogens with zero attached hydrogens (tertiary/aromatic N) is 1. The van der Waals surface area contributed by atoms with Gasteiger partial charge in [0, 0.05) is 17.9 Å². The van der Waals surface area contributed by atoms with Crippen LogP contribution in [0.4, 0.5) is 5.82 Å². The molecule has 1 unspecified atom stereocenters. The standard InChI is InChI=1S/C22H21N3O2/c1-12-9-13(2)18(14(3)10-12)16-11-17(26)23-21-19(16)22(27)25-20(24-21)15-7-5-4-6-8-15/h4-10,16H,11H2,1-3H3,(H2,23,24,25,26,27). The molecule has 0 aliphatic carbocycles. The number of nitrogens with one attached hydrogen (secondary N) is 2. The van der Waals surface area contributed by atoms with Gasteiger partial charge in [-0.05, 0) is 37.5 Å². The van der Waals surface area contributed by atoms with Gasteiger partial charge in [-0.2, -0.15) is 0 Å². The van der Waals surface area contributed by atoms with E-state index in [0.29, 0.717) is 17.2 Å². The molecule has 1 aliphatic rings. The summed E-state index contributed by atoms with van der Waals surface area (Å²) in [5, 5.41) is 2.79. The number of aryl methyl sites for hydroxylation is 3. The number of H-pyrrole nitrogens is 1. The number of hydrogen-bond donors (Lipinski definition) is 2. The van der Waals surface area contributed by atoms with Crippen LogP contribution in [0.2, 0.25) is 0 Å². The van der Waals surface area contributed by atoms with Crippen molar-refractivity contribution in [2.45, 2.75) is 33.1 Å². The molecule has 2 heterocycles. The van der Waals surface area contributed by atoms with Crippen LogP contribution in [0.15, 0.2) is 47.3 Å². The predicted octanol–water partition coefficient (Wildman–Crippen LogP) is 3.84. The smallest absolute Gasteiger partial charge is 0.257 e. The van der Waals surface area contributed by atoms with Crippen LogP contribution >= 0.6 is 0 Å². The van der Waals surface area contributed by atoms with E-state index in [9.17, 15) is 9.59 Å². The quantitative estimate of drug-likeness (QED) is 0.730. The first kappa shape index (κ1) is 17.2. The van der Waals surface area contributed by atoms with Crippen molar-refractivity contribution in [3.05, 3.63) is 80.6 Å². The van der Waals surface area contributed by atoms with Gasteiger partial charge in [0.15, 0.2) is 0 Å². The highest BCUT2D eigenvalue weighted by molar-refractivity contribution is 5.94. The first-order valence-corrected chi connectivity index (χ1v) is 9.01. The second kappa shape index (κ2) is 6.50. The van der Waals surface area contributed by atoms with E-state index in [1.807, 2.05) is 51.1 Å². The van der Waals surface area contributed by atoms with Gasteiger partial charge in [0.05, 0.1) is 5.56 Å². The lowest BCUT2D eigenvalue weighted by Gasteiger charge is -2.27. The Labute approximate surface area is 157 Å². The van der Waals surface area contributed by atoms with Crippen molar-refractivity contribution < 1.29 is 4.79 Å². The van der Waals surface area contributed by atoms with Crippen LogP contribution in [0.1, 0.15) is 40.2 Å². The van der Waals surface area contributed by atoms with E-state index in [1.54, 1.807) is 0 Å². The van der Waals surface area contributed by atoms with Crippen LogP contribution in [-0.2, 0) is 4.79 Å². The number of anilines is 1. The summed E-state index contributed by atoms with van der Waals surface area (Å²) in [5.74, 6) is 0.398. The predicted molar refractivity (Wildman–Crippen MR) is 106 cm³/mol. The number of carbonyl (C=O) groups is 1. The topological polar surface area (TPSA) is 74.8 Å². The third-order valence-electron chi connectivity index (χ3n) is 5.08. The van der Waals surface area contributed by atoms with Crippen molar-refractivity contribution in [3.63, 3.8) is 0 Å². The molecule has 1 aromatic heterocycles. The number of aromatic nitrogens is 2. The summed E-state index contributed by atoms with van der Waals surface area (Å²) < 4.78 is 0. The normalized spacial score (nSPS) is 16.0. The average molecular weight is 359 g/mol. The number of hydrogen-bond acceptors (Lipinski definition) is 3. The molecule has 0 radical (unpaired) electrons. The highest BCUT2D eigenvalue weighted by Gasteiger charge is 2.32. The minimum atomic E-state index is -0.296. The minimum Gasteiger partial charge on any atom is -0.310 e. The highest BCUT2D eigenvalue weighted by atomic mass is 16.2. The molecular formula is C22H21N3O2. The van der Waals surface area contributed by atoms with Crippen molar-refractivity contribution in [1.29, 1.82) is 0 Å². The van der Waals surface area contributed by atoms with Crippen LogP contribution in [0.3, 0.4) is 0 Å². The lowest BCUT2D eigenvalue weighted by molar-refractivity contribution is -0.116. The van der Waals surface area contributed by atoms with Crippen molar-refractivity contribution in [2.24, 2.45) is 0 Å². The second-order valence-corrected chi connectivity index (χ2v) is 7.16. The number of carbonyl (C=O) groups excluding carboxylic acids is 1. The maximum atomic E-state index is 13.0. The number of rotatable bonds is 2. The number of amides is 1. The summed E-state index contributed by atoms with van der Waals surface area (Å²) in [6.07, 6.45) is 0.243. The molecule has 0 saturated carbocycles. The molecule has 27 heavy (non-hydrogen) atoms. The molecule has 1 amide bonds. The average Bonchev–Trinajstić information content (AvgIpc) is 2.60. The summed E-state index contributed by atoms with van der Waals surface area (Å²) >= 11 is 0. The Bertz CT molecular complexity index is 1080. The van der Waals surface area contributed by atoms with E-state index < -0.39 is 0 Å². The lowest BCUT2D eigenvalue weighted by Crippen LogP contribution is -2.32. The van der Waals surface area contributed by atoms with E-state index in [4.69, 9.17) is 0 Å². The molecule has 0 spiro atoms. The summed E-state index contributed by atoms with van der Waals surface area (Å²) in [4.78, 5) is 32.8. The van der Waals surface area contributed by atoms with Crippen LogP contribution in [-0.4, -0.2) is 15.9 Å². The number of fused-ring (bicyclic) bond motifs is 1. The molecule has 0 saturated heterocycles. The fourth-order valence-electron chi connectivity index (χ4n) is 4.09. The van der Waals surface area contributed by atoms with Crippen molar-refractivity contribution >= 4 is 11.7 Å². The van der Waals surface area contributed by atoms with Crippen molar-refractivity contribution in [1.82, 2.24) is 9.97 Å². The monoisotopic (exact) mass is 359 g/mol. The third-order valence-corrected chi connectivity index (χ3v) is 5.08. The molecule has 136 valence electrons. The van der Waals surface area contributed by atoms with Gasteiger partial charge in [-0.1, -0.05) is 48.0 Å². The Morgan fingerprint density at radius 1 is 0.963 bits per heavy atom. The maximum absolute atomic E-state index is 13.0. The third kappa shape index (κ3) is 3.05. The molecule has 0 bridgehead atoms. The zero-order valence-corrected chi connectivity index (χ0v) is 15.6. The van der Waals surface area contributed by atoms with Crippen LogP contribution in [0.5, 0.6) is 0 Å². The van der Waals surface area contributed by atoms with Crippen LogP contribution in [0.25, 0.3) is 11.4 Å². The van der Waals surface area contributed by atoms with Gasteiger partial charge < -0.3 is 10.3 Å². The molecule has 1 atom stereocenters. The largest absolute Gasteiger partial charge is 0.310 e. The van der Waals surface area contributed by atoms with E-state index in [2.05, 4.69) is 27.4 Å². The molecule has 2 N–H and O–H groups in total. The van der Waals surface area contributed by atoms with Gasteiger partial charge in [-0.15, -0.1) is 0 Å². The Kier molecular flexibility index (Phi) is 4.15. The molecular weight excluding hydrogens is 338 g/mol. The second-order valence-electron chi connectivity index (χ2n) is 7.16. The summed E-state index contributed by atoms with van der Waals surface area (Å²) in [6, 6.07) is 13.6. The molecule has 1 aliphatic heterocycles. The Balaban J connectivity index is 1.91. The maximum Gasteiger partial charge on any atom is 0.257 e. The molecule has 4 rings (SSSR count). The van der Waals surface area contributed by atoms with E-state index >= 15 is 0 Å². The first-order chi connectivity index (χ1) is 12.9. The zero-order chi connectivity index (χ0) is 19.1. The Morgan fingerprint density at radius 3 is 2.30 bits per heavy atom. The molecule has 5 nitrogen and oxygen atoms in total.